The molecule has 0 spiro atoms. The maximum absolute atomic E-state index is 14.3. The quantitative estimate of drug-likeness (QED) is 0.307. The average molecular weight is 732 g/mol. The number of allylic oxidation sites excluding steroid dienone is 1. The molecule has 1 saturated heterocycles. The Kier molecular flexibility index (Phi) is 9.92. The molecule has 2 aliphatic carbocycles. The Hall–Kier alpha value is -4.11. The number of carboxylic acid groups (broad SMARTS) is 1. The lowest BCUT2D eigenvalue weighted by Crippen LogP contribution is -2.59. The number of benzene rings is 1. The fourth-order valence-corrected chi connectivity index (χ4v) is 8.69. The van der Waals surface area contributed by atoms with E-state index < -0.39 is 74.7 Å². The number of fused-ring (bicyclic) bond motifs is 3. The Morgan fingerprint density at radius 2 is 1.90 bits per heavy atom. The first-order valence-electron chi connectivity index (χ1n) is 16.9. The number of aromatic nitrogens is 1. The van der Waals surface area contributed by atoms with Gasteiger partial charge < -0.3 is 30.1 Å². The molecule has 0 radical (unpaired) electrons. The summed E-state index contributed by atoms with van der Waals surface area (Å²) in [4.78, 5) is 59.8. The number of rotatable bonds is 7. The molecule has 3 heterocycles. The lowest BCUT2D eigenvalue weighted by Gasteiger charge is -2.31. The SMILES string of the molecule is COc1cnc(O[C@@H]2C[C@H]3C(=O)N[C@]4(C(=O)NS(=O)(=O)C5CC5)C[C@H]4C=C[C@H](C)CCC[C@@H](C)[C@H](NC(=O)O)C(=O)N3C2)c2cccc(Cl)c12. The molecular weight excluding hydrogens is 690 g/mol. The molecule has 7 atom stereocenters. The molecular formula is C34H42ClN5O9S. The Bertz CT molecular complexity index is 1840. The molecule has 50 heavy (non-hydrogen) atoms. The van der Waals surface area contributed by atoms with Crippen LogP contribution in [0.5, 0.6) is 11.6 Å². The molecule has 4 N–H and O–H groups in total. The van der Waals surface area contributed by atoms with E-state index in [-0.39, 0.29) is 31.2 Å². The molecule has 4 amide bonds. The van der Waals surface area contributed by atoms with Gasteiger partial charge in [-0.15, -0.1) is 0 Å². The summed E-state index contributed by atoms with van der Waals surface area (Å²) in [7, 11) is -2.42. The van der Waals surface area contributed by atoms with E-state index in [1.165, 1.54) is 18.2 Å². The van der Waals surface area contributed by atoms with Gasteiger partial charge in [-0.25, -0.2) is 18.2 Å². The van der Waals surface area contributed by atoms with Crippen molar-refractivity contribution in [3.05, 3.63) is 41.6 Å². The van der Waals surface area contributed by atoms with Gasteiger partial charge in [0.2, 0.25) is 27.7 Å². The third-order valence-corrected chi connectivity index (χ3v) is 12.3. The van der Waals surface area contributed by atoms with E-state index in [9.17, 15) is 32.7 Å². The smallest absolute Gasteiger partial charge is 0.405 e. The highest BCUT2D eigenvalue weighted by molar-refractivity contribution is 7.91. The molecule has 0 unspecified atom stereocenters. The fourth-order valence-electron chi connectivity index (χ4n) is 7.06. The summed E-state index contributed by atoms with van der Waals surface area (Å²) in [6.45, 7) is 3.71. The zero-order valence-corrected chi connectivity index (χ0v) is 29.6. The van der Waals surface area contributed by atoms with E-state index in [2.05, 4.69) is 20.3 Å². The third kappa shape index (κ3) is 7.20. The molecule has 2 aliphatic heterocycles. The van der Waals surface area contributed by atoms with Crippen LogP contribution in [0.3, 0.4) is 0 Å². The number of methoxy groups -OCH3 is 1. The maximum atomic E-state index is 14.3. The van der Waals surface area contributed by atoms with Gasteiger partial charge in [0.25, 0.3) is 5.91 Å². The van der Waals surface area contributed by atoms with Gasteiger partial charge >= 0.3 is 6.09 Å². The van der Waals surface area contributed by atoms with Crippen LogP contribution >= 0.6 is 11.6 Å². The summed E-state index contributed by atoms with van der Waals surface area (Å²) in [5.41, 5.74) is -1.54. The largest absolute Gasteiger partial charge is 0.494 e. The highest BCUT2D eigenvalue weighted by atomic mass is 35.5. The van der Waals surface area contributed by atoms with E-state index in [1.54, 1.807) is 25.1 Å². The Morgan fingerprint density at radius 1 is 1.14 bits per heavy atom. The number of ether oxygens (including phenoxy) is 2. The van der Waals surface area contributed by atoms with Crippen molar-refractivity contribution in [2.24, 2.45) is 17.8 Å². The van der Waals surface area contributed by atoms with Crippen molar-refractivity contribution in [1.29, 1.82) is 0 Å². The number of sulfonamides is 1. The van der Waals surface area contributed by atoms with Gasteiger partial charge in [0.1, 0.15) is 29.5 Å². The molecule has 2 saturated carbocycles. The van der Waals surface area contributed by atoms with Crippen molar-refractivity contribution in [3.8, 4) is 11.6 Å². The molecule has 16 heteroatoms. The molecule has 0 bridgehead atoms. The first-order chi connectivity index (χ1) is 23.7. The van der Waals surface area contributed by atoms with Crippen LogP contribution in [0.1, 0.15) is 58.8 Å². The Balaban J connectivity index is 1.34. The highest BCUT2D eigenvalue weighted by Gasteiger charge is 2.62. The summed E-state index contributed by atoms with van der Waals surface area (Å²) < 4.78 is 39.5. The monoisotopic (exact) mass is 731 g/mol. The summed E-state index contributed by atoms with van der Waals surface area (Å²) in [5.74, 6) is -2.28. The van der Waals surface area contributed by atoms with Crippen molar-refractivity contribution >= 4 is 56.2 Å². The van der Waals surface area contributed by atoms with Crippen molar-refractivity contribution in [1.82, 2.24) is 25.2 Å². The standard InChI is InChI=1S/C34H42ClN5O9S/c1-18-6-4-7-19(2)28(37-33(44)45)31(42)40-17-21(49-30-23-8-5-9-24(35)27(23)26(48-3)16-36-30)14-25(40)29(41)38-34(15-20(34)11-10-18)32(43)39-50(46,47)22-12-13-22/h5,8-11,16,18-22,25,28,37H,4,6-7,12-15,17H2,1-3H3,(H,38,41)(H,39,43)(H,44,45)/t18-,19-,20-,21-,25+,28+,34-/m1/s1. The van der Waals surface area contributed by atoms with Crippen molar-refractivity contribution < 1.29 is 42.2 Å². The van der Waals surface area contributed by atoms with E-state index in [0.717, 1.165) is 6.42 Å². The number of nitrogens with one attached hydrogen (secondary N) is 3. The van der Waals surface area contributed by atoms with Crippen LogP contribution in [0.25, 0.3) is 10.8 Å². The summed E-state index contributed by atoms with van der Waals surface area (Å²) in [6.07, 6.45) is 6.15. The minimum absolute atomic E-state index is 0.0167. The van der Waals surface area contributed by atoms with Gasteiger partial charge in [0.15, 0.2) is 0 Å². The molecule has 3 fully saturated rings. The first-order valence-corrected chi connectivity index (χ1v) is 18.8. The number of halogens is 1. The summed E-state index contributed by atoms with van der Waals surface area (Å²) >= 11 is 6.49. The molecule has 14 nitrogen and oxygen atoms in total. The van der Waals surface area contributed by atoms with Gasteiger partial charge in [0.05, 0.1) is 30.1 Å². The normalized spacial score (nSPS) is 30.3. The second kappa shape index (κ2) is 13.9. The number of amides is 4. The van der Waals surface area contributed by atoms with Crippen LogP contribution in [0.4, 0.5) is 4.79 Å². The number of hydrogen-bond donors (Lipinski definition) is 4. The van der Waals surface area contributed by atoms with Crippen LogP contribution in [-0.4, -0.2) is 89.9 Å². The van der Waals surface area contributed by atoms with Gasteiger partial charge in [-0.3, -0.25) is 19.1 Å². The maximum Gasteiger partial charge on any atom is 0.405 e. The van der Waals surface area contributed by atoms with E-state index in [1.807, 2.05) is 19.1 Å². The van der Waals surface area contributed by atoms with Crippen LogP contribution < -0.4 is 24.8 Å². The number of carbonyl (C=O) groups excluding carboxylic acids is 3. The lowest BCUT2D eigenvalue weighted by molar-refractivity contribution is -0.142. The number of pyridine rings is 1. The van der Waals surface area contributed by atoms with Gasteiger partial charge in [-0.2, -0.15) is 0 Å². The summed E-state index contributed by atoms with van der Waals surface area (Å²) in [6, 6.07) is 2.85. The third-order valence-electron chi connectivity index (χ3n) is 10.2. The average Bonchev–Trinajstić information content (AvgIpc) is 3.99. The predicted molar refractivity (Wildman–Crippen MR) is 183 cm³/mol. The van der Waals surface area contributed by atoms with Crippen molar-refractivity contribution in [2.75, 3.05) is 13.7 Å². The first kappa shape index (κ1) is 35.7. The number of hydrogen-bond acceptors (Lipinski definition) is 9. The van der Waals surface area contributed by atoms with Crippen LogP contribution in [0.2, 0.25) is 5.02 Å². The van der Waals surface area contributed by atoms with Crippen LogP contribution in [0, 0.1) is 17.8 Å². The Morgan fingerprint density at radius 3 is 2.60 bits per heavy atom. The molecule has 1 aromatic carbocycles. The lowest BCUT2D eigenvalue weighted by atomic mass is 9.92. The second-order valence-corrected chi connectivity index (χ2v) is 16.3. The molecule has 1 aromatic heterocycles. The molecule has 270 valence electrons. The number of carbonyl (C=O) groups is 4. The predicted octanol–water partition coefficient (Wildman–Crippen LogP) is 3.38. The van der Waals surface area contributed by atoms with Crippen molar-refractivity contribution in [2.45, 2.75) is 87.8 Å². The molecule has 2 aromatic rings. The Labute approximate surface area is 295 Å². The van der Waals surface area contributed by atoms with Gasteiger partial charge in [-0.1, -0.05) is 50.1 Å². The fraction of sp³-hybridized carbons (Fsp3) is 0.559. The zero-order valence-electron chi connectivity index (χ0n) is 28.1. The second-order valence-electron chi connectivity index (χ2n) is 13.9. The van der Waals surface area contributed by atoms with Crippen molar-refractivity contribution in [3.63, 3.8) is 0 Å². The van der Waals surface area contributed by atoms with Crippen LogP contribution in [0.15, 0.2) is 36.5 Å². The molecule has 4 aliphatic rings. The highest BCUT2D eigenvalue weighted by Crippen LogP contribution is 2.46. The van der Waals surface area contributed by atoms with E-state index in [0.29, 0.717) is 47.2 Å². The minimum atomic E-state index is -3.91. The van der Waals surface area contributed by atoms with Gasteiger partial charge in [0, 0.05) is 23.1 Å². The molecule has 6 rings (SSSR count). The van der Waals surface area contributed by atoms with Crippen LogP contribution in [-0.2, 0) is 24.4 Å². The van der Waals surface area contributed by atoms with Gasteiger partial charge in [-0.05, 0) is 56.1 Å². The summed E-state index contributed by atoms with van der Waals surface area (Å²) in [5, 5.41) is 15.8. The topological polar surface area (TPSA) is 193 Å². The van der Waals surface area contributed by atoms with E-state index >= 15 is 0 Å². The van der Waals surface area contributed by atoms with E-state index in [4.69, 9.17) is 21.1 Å². The zero-order chi connectivity index (χ0) is 36.0. The minimum Gasteiger partial charge on any atom is -0.494 e. The number of nitrogens with zero attached hydrogens (tertiary/aromatic N) is 2.